The Morgan fingerprint density at radius 1 is 1.30 bits per heavy atom. The average Bonchev–Trinajstić information content (AvgIpc) is 2.96. The number of rotatable bonds is 2. The van der Waals surface area contributed by atoms with Crippen LogP contribution >= 0.6 is 0 Å². The third kappa shape index (κ3) is 1.97. The maximum atomic E-state index is 12.5. The summed E-state index contributed by atoms with van der Waals surface area (Å²) in [5.74, 6) is 0.680. The molecule has 3 fully saturated rings. The lowest BCUT2D eigenvalue weighted by Crippen LogP contribution is -2.43. The number of halogens is 3. The summed E-state index contributed by atoms with van der Waals surface area (Å²) < 4.78 is 42.8. The van der Waals surface area contributed by atoms with E-state index in [0.29, 0.717) is 24.2 Å². The van der Waals surface area contributed by atoms with Crippen LogP contribution in [-0.4, -0.2) is 17.7 Å². The van der Waals surface area contributed by atoms with Crippen molar-refractivity contribution in [2.45, 2.75) is 50.8 Å². The van der Waals surface area contributed by atoms with Crippen LogP contribution in [0.15, 0.2) is 12.2 Å². The molecule has 20 heavy (non-hydrogen) atoms. The Labute approximate surface area is 116 Å². The number of hydrogen-bond donors (Lipinski definition) is 0. The molecule has 0 aromatic rings. The van der Waals surface area contributed by atoms with E-state index in [-0.39, 0.29) is 5.92 Å². The van der Waals surface area contributed by atoms with Gasteiger partial charge in [0.25, 0.3) is 0 Å². The van der Waals surface area contributed by atoms with Crippen molar-refractivity contribution < 1.29 is 22.7 Å². The fraction of sp³-hybridized carbons (Fsp3) is 0.800. The van der Waals surface area contributed by atoms with Crippen molar-refractivity contribution in [3.05, 3.63) is 12.2 Å². The molecule has 0 saturated heterocycles. The van der Waals surface area contributed by atoms with Gasteiger partial charge in [-0.2, -0.15) is 13.2 Å². The Morgan fingerprint density at radius 3 is 2.60 bits per heavy atom. The fourth-order valence-corrected chi connectivity index (χ4v) is 4.89. The molecule has 3 aliphatic rings. The van der Waals surface area contributed by atoms with E-state index in [1.54, 1.807) is 6.92 Å². The first-order valence-corrected chi connectivity index (χ1v) is 7.22. The third-order valence-electron chi connectivity index (χ3n) is 5.67. The van der Waals surface area contributed by atoms with E-state index in [4.69, 9.17) is 4.74 Å². The quantitative estimate of drug-likeness (QED) is 0.569. The third-order valence-corrected chi connectivity index (χ3v) is 5.67. The highest BCUT2D eigenvalue weighted by atomic mass is 19.4. The molecule has 3 saturated carbocycles. The van der Waals surface area contributed by atoms with Crippen molar-refractivity contribution >= 4 is 5.97 Å². The van der Waals surface area contributed by atoms with Crippen LogP contribution in [0.5, 0.6) is 0 Å². The predicted molar refractivity (Wildman–Crippen MR) is 66.7 cm³/mol. The summed E-state index contributed by atoms with van der Waals surface area (Å²) in [6, 6.07) is 0. The molecule has 0 spiro atoms. The van der Waals surface area contributed by atoms with Crippen LogP contribution in [0, 0.1) is 23.7 Å². The Morgan fingerprint density at radius 2 is 1.95 bits per heavy atom. The fourth-order valence-electron chi connectivity index (χ4n) is 4.89. The number of carbonyl (C=O) groups is 1. The van der Waals surface area contributed by atoms with Gasteiger partial charge in [-0.15, -0.1) is 0 Å². The van der Waals surface area contributed by atoms with Gasteiger partial charge in [-0.3, -0.25) is 0 Å². The lowest BCUT2D eigenvalue weighted by molar-refractivity contribution is -0.171. The molecule has 0 aromatic carbocycles. The molecule has 5 atom stereocenters. The minimum Gasteiger partial charge on any atom is -0.455 e. The number of fused-ring (bicyclic) bond motifs is 5. The number of esters is 1. The molecule has 0 N–H and O–H groups in total. The molecule has 3 rings (SSSR count). The highest BCUT2D eigenvalue weighted by Gasteiger charge is 2.61. The van der Waals surface area contributed by atoms with Crippen molar-refractivity contribution in [1.82, 2.24) is 0 Å². The van der Waals surface area contributed by atoms with Gasteiger partial charge in [-0.25, -0.2) is 4.79 Å². The van der Waals surface area contributed by atoms with Crippen molar-refractivity contribution in [2.75, 3.05) is 0 Å². The van der Waals surface area contributed by atoms with Gasteiger partial charge in [0.1, 0.15) is 11.2 Å². The van der Waals surface area contributed by atoms with Crippen LogP contribution in [0.4, 0.5) is 13.2 Å². The summed E-state index contributed by atoms with van der Waals surface area (Å²) in [6.07, 6.45) is 0.542. The Balaban J connectivity index is 1.72. The number of carbonyl (C=O) groups excluding carboxylic acids is 1. The summed E-state index contributed by atoms with van der Waals surface area (Å²) in [6.45, 7) is 4.63. The summed E-state index contributed by atoms with van der Waals surface area (Å²) in [5.41, 5.74) is -2.13. The SMILES string of the molecule is C=C(C(=O)OC1(C)CC2CC1C1CCCC21)C(F)(F)F. The summed E-state index contributed by atoms with van der Waals surface area (Å²) in [5, 5.41) is 0. The highest BCUT2D eigenvalue weighted by Crippen LogP contribution is 2.63. The lowest BCUT2D eigenvalue weighted by Gasteiger charge is -2.39. The molecule has 0 aromatic heterocycles. The van der Waals surface area contributed by atoms with Crippen LogP contribution in [0.3, 0.4) is 0 Å². The van der Waals surface area contributed by atoms with E-state index in [1.807, 2.05) is 0 Å². The maximum Gasteiger partial charge on any atom is 0.422 e. The molecule has 0 aliphatic heterocycles. The van der Waals surface area contributed by atoms with Gasteiger partial charge in [0.05, 0.1) is 0 Å². The first kappa shape index (κ1) is 14.0. The summed E-state index contributed by atoms with van der Waals surface area (Å²) >= 11 is 0. The first-order valence-electron chi connectivity index (χ1n) is 7.22. The van der Waals surface area contributed by atoms with E-state index < -0.39 is 23.3 Å². The van der Waals surface area contributed by atoms with E-state index in [9.17, 15) is 18.0 Å². The molecular weight excluding hydrogens is 269 g/mol. The van der Waals surface area contributed by atoms with Crippen LogP contribution < -0.4 is 0 Å². The molecule has 0 heterocycles. The second-order valence-corrected chi connectivity index (χ2v) is 6.74. The second-order valence-electron chi connectivity index (χ2n) is 6.74. The van der Waals surface area contributed by atoms with Gasteiger partial charge in [-0.1, -0.05) is 13.0 Å². The van der Waals surface area contributed by atoms with Gasteiger partial charge in [0.2, 0.25) is 0 Å². The van der Waals surface area contributed by atoms with Gasteiger partial charge in [0, 0.05) is 5.92 Å². The van der Waals surface area contributed by atoms with Crippen molar-refractivity contribution in [3.63, 3.8) is 0 Å². The zero-order valence-corrected chi connectivity index (χ0v) is 11.5. The normalized spacial score (nSPS) is 42.6. The van der Waals surface area contributed by atoms with E-state index >= 15 is 0 Å². The Kier molecular flexibility index (Phi) is 2.96. The van der Waals surface area contributed by atoms with Crippen LogP contribution in [0.25, 0.3) is 0 Å². The van der Waals surface area contributed by atoms with E-state index in [1.165, 1.54) is 12.8 Å². The molecule has 112 valence electrons. The molecule has 2 nitrogen and oxygen atoms in total. The molecule has 5 heteroatoms. The van der Waals surface area contributed by atoms with Crippen molar-refractivity contribution in [2.24, 2.45) is 23.7 Å². The Bertz CT molecular complexity index is 457. The monoisotopic (exact) mass is 288 g/mol. The van der Waals surface area contributed by atoms with Crippen molar-refractivity contribution in [3.8, 4) is 0 Å². The second kappa shape index (κ2) is 4.25. The standard InChI is InChI=1S/C15H19F3O2/c1-8(15(16,17)18)13(19)20-14(2)7-9-6-12(14)11-5-3-4-10(9)11/h9-12H,1,3-7H2,2H3. The van der Waals surface area contributed by atoms with Crippen LogP contribution in [-0.2, 0) is 9.53 Å². The van der Waals surface area contributed by atoms with Gasteiger partial charge < -0.3 is 4.74 Å². The first-order chi connectivity index (χ1) is 9.22. The maximum absolute atomic E-state index is 12.5. The van der Waals surface area contributed by atoms with E-state index in [0.717, 1.165) is 12.8 Å². The number of hydrogen-bond acceptors (Lipinski definition) is 2. The van der Waals surface area contributed by atoms with Crippen molar-refractivity contribution in [1.29, 1.82) is 0 Å². The van der Waals surface area contributed by atoms with Gasteiger partial charge in [0.15, 0.2) is 0 Å². The molecular formula is C15H19F3O2. The highest BCUT2D eigenvalue weighted by molar-refractivity contribution is 5.89. The smallest absolute Gasteiger partial charge is 0.422 e. The minimum absolute atomic E-state index is 0.227. The molecule has 0 radical (unpaired) electrons. The topological polar surface area (TPSA) is 26.3 Å². The predicted octanol–water partition coefficient (Wildman–Crippen LogP) is 3.86. The minimum atomic E-state index is -4.71. The van der Waals surface area contributed by atoms with Crippen LogP contribution in [0.2, 0.25) is 0 Å². The zero-order valence-electron chi connectivity index (χ0n) is 11.5. The molecule has 0 amide bonds. The molecule has 5 unspecified atom stereocenters. The largest absolute Gasteiger partial charge is 0.455 e. The number of ether oxygens (including phenoxy) is 1. The summed E-state index contributed by atoms with van der Waals surface area (Å²) in [4.78, 5) is 11.7. The lowest BCUT2D eigenvalue weighted by atomic mass is 9.73. The molecule has 2 bridgehead atoms. The van der Waals surface area contributed by atoms with Gasteiger partial charge >= 0.3 is 12.1 Å². The molecule has 3 aliphatic carbocycles. The Hall–Kier alpha value is -1.00. The summed E-state index contributed by atoms with van der Waals surface area (Å²) in [7, 11) is 0. The van der Waals surface area contributed by atoms with Gasteiger partial charge in [-0.05, 0) is 50.4 Å². The zero-order chi connectivity index (χ0) is 14.7. The number of alkyl halides is 3. The van der Waals surface area contributed by atoms with Crippen LogP contribution in [0.1, 0.15) is 39.0 Å². The average molecular weight is 288 g/mol. The van der Waals surface area contributed by atoms with E-state index in [2.05, 4.69) is 6.58 Å².